The number of carbonyl (C=O) groups is 1. The van der Waals surface area contributed by atoms with Crippen LogP contribution in [-0.4, -0.2) is 55.4 Å². The third-order valence-corrected chi connectivity index (χ3v) is 6.95. The van der Waals surface area contributed by atoms with Crippen LogP contribution in [0.1, 0.15) is 16.7 Å². The molecular formula is C26H32FN5O2S. The predicted octanol–water partition coefficient (Wildman–Crippen LogP) is 3.97. The molecule has 1 saturated heterocycles. The number of aromatic nitrogens is 1. The van der Waals surface area contributed by atoms with Crippen molar-refractivity contribution in [1.82, 2.24) is 20.1 Å². The molecule has 0 unspecified atom stereocenters. The van der Waals surface area contributed by atoms with E-state index in [-0.39, 0.29) is 11.8 Å². The number of carbonyl (C=O) groups excluding carboxylic acids is 1. The molecule has 2 heterocycles. The Bertz CT molecular complexity index is 1250. The van der Waals surface area contributed by atoms with Crippen molar-refractivity contribution in [2.45, 2.75) is 26.9 Å². The van der Waals surface area contributed by atoms with Crippen LogP contribution in [0.25, 0.3) is 11.3 Å². The molecule has 9 heteroatoms. The molecule has 1 fully saturated rings. The largest absolute Gasteiger partial charge is 0.379 e. The summed E-state index contributed by atoms with van der Waals surface area (Å²) in [5.74, 6) is -0.244. The summed E-state index contributed by atoms with van der Waals surface area (Å²) in [6.07, 6.45) is 0. The quantitative estimate of drug-likeness (QED) is 0.519. The Morgan fingerprint density at radius 1 is 1.14 bits per heavy atom. The number of thiazole rings is 1. The van der Waals surface area contributed by atoms with E-state index in [0.717, 1.165) is 48.9 Å². The Kier molecular flexibility index (Phi) is 8.33. The molecule has 2 aromatic carbocycles. The molecule has 3 aromatic rings. The van der Waals surface area contributed by atoms with Gasteiger partial charge in [-0.3, -0.25) is 4.90 Å². The highest BCUT2D eigenvalue weighted by Gasteiger charge is 2.14. The van der Waals surface area contributed by atoms with Crippen LogP contribution in [0.2, 0.25) is 0 Å². The van der Waals surface area contributed by atoms with E-state index in [9.17, 15) is 9.18 Å². The van der Waals surface area contributed by atoms with Gasteiger partial charge in [0.15, 0.2) is 4.80 Å². The van der Waals surface area contributed by atoms with Crippen LogP contribution in [0.5, 0.6) is 0 Å². The van der Waals surface area contributed by atoms with Crippen LogP contribution in [0, 0.1) is 19.7 Å². The molecule has 1 aliphatic rings. The number of nitrogens with one attached hydrogen (secondary N) is 2. The Labute approximate surface area is 209 Å². The first-order valence-corrected chi connectivity index (χ1v) is 12.7. The van der Waals surface area contributed by atoms with Gasteiger partial charge in [0.2, 0.25) is 0 Å². The average molecular weight is 498 g/mol. The number of urea groups is 1. The Morgan fingerprint density at radius 2 is 1.94 bits per heavy atom. The molecule has 0 aliphatic carbocycles. The summed E-state index contributed by atoms with van der Waals surface area (Å²) in [7, 11) is 1.60. The highest BCUT2D eigenvalue weighted by Crippen LogP contribution is 2.26. The Hall–Kier alpha value is -3.01. The topological polar surface area (TPSA) is 70.9 Å². The summed E-state index contributed by atoms with van der Waals surface area (Å²) < 4.78 is 21.3. The van der Waals surface area contributed by atoms with E-state index in [1.807, 2.05) is 0 Å². The first-order chi connectivity index (χ1) is 16.9. The average Bonchev–Trinajstić information content (AvgIpc) is 3.24. The van der Waals surface area contributed by atoms with Crippen molar-refractivity contribution in [2.75, 3.05) is 39.9 Å². The summed E-state index contributed by atoms with van der Waals surface area (Å²) in [4.78, 5) is 19.7. The fourth-order valence-electron chi connectivity index (χ4n) is 4.16. The summed E-state index contributed by atoms with van der Waals surface area (Å²) in [6, 6.07) is 11.2. The highest BCUT2D eigenvalue weighted by atomic mass is 32.1. The number of benzene rings is 2. The van der Waals surface area contributed by atoms with Gasteiger partial charge in [0.05, 0.1) is 24.6 Å². The molecule has 0 spiro atoms. The van der Waals surface area contributed by atoms with Gasteiger partial charge >= 0.3 is 6.03 Å². The number of ether oxygens (including phenoxy) is 1. The van der Waals surface area contributed by atoms with Gasteiger partial charge in [-0.25, -0.2) is 14.2 Å². The smallest absolute Gasteiger partial charge is 0.314 e. The zero-order valence-corrected chi connectivity index (χ0v) is 21.3. The zero-order chi connectivity index (χ0) is 24.8. The minimum atomic E-state index is -0.244. The van der Waals surface area contributed by atoms with Crippen LogP contribution in [0.3, 0.4) is 0 Å². The number of halogens is 1. The predicted molar refractivity (Wildman–Crippen MR) is 137 cm³/mol. The van der Waals surface area contributed by atoms with Gasteiger partial charge in [-0.1, -0.05) is 18.2 Å². The van der Waals surface area contributed by atoms with Crippen LogP contribution in [-0.2, 0) is 17.8 Å². The van der Waals surface area contributed by atoms with Crippen LogP contribution >= 0.6 is 11.3 Å². The minimum Gasteiger partial charge on any atom is -0.379 e. The van der Waals surface area contributed by atoms with E-state index >= 15 is 0 Å². The maximum absolute atomic E-state index is 13.7. The van der Waals surface area contributed by atoms with Gasteiger partial charge in [0.1, 0.15) is 5.82 Å². The van der Waals surface area contributed by atoms with E-state index in [4.69, 9.17) is 9.73 Å². The van der Waals surface area contributed by atoms with Gasteiger partial charge in [-0.05, 0) is 48.7 Å². The summed E-state index contributed by atoms with van der Waals surface area (Å²) in [6.45, 7) is 9.27. The second-order valence-corrected chi connectivity index (χ2v) is 9.48. The standard InChI is InChI=1S/C26H32FN5O2S/c1-18-14-20(16-31-10-12-34-13-11-31)4-6-22(18)24-17-35-26(32(24)9-8-29-25(33)28-3)30-21-5-7-23(27)19(2)15-21/h4-7,14-15,17H,8-13,16H2,1-3H3,(H2,28,29,33)/b30-26-. The van der Waals surface area contributed by atoms with Gasteiger partial charge in [0, 0.05) is 50.7 Å². The zero-order valence-electron chi connectivity index (χ0n) is 20.4. The summed E-state index contributed by atoms with van der Waals surface area (Å²) in [5, 5.41) is 7.53. The summed E-state index contributed by atoms with van der Waals surface area (Å²) >= 11 is 1.53. The molecular weight excluding hydrogens is 465 g/mol. The van der Waals surface area contributed by atoms with E-state index < -0.39 is 0 Å². The van der Waals surface area contributed by atoms with Gasteiger partial charge in [-0.15, -0.1) is 11.3 Å². The van der Waals surface area contributed by atoms with Gasteiger partial charge in [0.25, 0.3) is 0 Å². The van der Waals surface area contributed by atoms with Crippen molar-refractivity contribution in [3.05, 3.63) is 69.1 Å². The highest BCUT2D eigenvalue weighted by molar-refractivity contribution is 7.07. The molecule has 2 amide bonds. The molecule has 0 saturated carbocycles. The number of nitrogens with zero attached hydrogens (tertiary/aromatic N) is 3. The number of rotatable bonds is 7. The van der Waals surface area contributed by atoms with Gasteiger partial charge in [-0.2, -0.15) is 0 Å². The van der Waals surface area contributed by atoms with Gasteiger partial charge < -0.3 is 19.9 Å². The number of aryl methyl sites for hydroxylation is 2. The number of amides is 2. The van der Waals surface area contributed by atoms with Crippen molar-refractivity contribution in [3.8, 4) is 11.3 Å². The lowest BCUT2D eigenvalue weighted by Gasteiger charge is -2.26. The first-order valence-electron chi connectivity index (χ1n) is 11.8. The number of morpholine rings is 1. The van der Waals surface area contributed by atoms with Crippen LogP contribution in [0.4, 0.5) is 14.9 Å². The van der Waals surface area contributed by atoms with Crippen LogP contribution < -0.4 is 15.4 Å². The van der Waals surface area contributed by atoms with E-state index in [1.165, 1.54) is 28.5 Å². The molecule has 186 valence electrons. The molecule has 35 heavy (non-hydrogen) atoms. The van der Waals surface area contributed by atoms with E-state index in [1.54, 1.807) is 26.1 Å². The lowest BCUT2D eigenvalue weighted by Crippen LogP contribution is -2.36. The molecule has 1 aliphatic heterocycles. The lowest BCUT2D eigenvalue weighted by molar-refractivity contribution is 0.0342. The SMILES string of the molecule is CNC(=O)NCCn1c(-c2ccc(CN3CCOCC3)cc2C)cs/c1=N\c1ccc(F)c(C)c1. The fourth-order valence-corrected chi connectivity index (χ4v) is 5.10. The third kappa shape index (κ3) is 6.36. The number of hydrogen-bond donors (Lipinski definition) is 2. The molecule has 0 radical (unpaired) electrons. The van der Waals surface area contributed by atoms with E-state index in [0.29, 0.717) is 24.3 Å². The van der Waals surface area contributed by atoms with E-state index in [2.05, 4.69) is 50.6 Å². The van der Waals surface area contributed by atoms with Crippen molar-refractivity contribution in [1.29, 1.82) is 0 Å². The van der Waals surface area contributed by atoms with Crippen molar-refractivity contribution in [2.24, 2.45) is 4.99 Å². The molecule has 0 atom stereocenters. The first kappa shape index (κ1) is 25.1. The normalized spacial score (nSPS) is 14.8. The maximum atomic E-state index is 13.7. The molecule has 4 rings (SSSR count). The second-order valence-electron chi connectivity index (χ2n) is 8.64. The second kappa shape index (κ2) is 11.6. The van der Waals surface area contributed by atoms with Crippen LogP contribution in [0.15, 0.2) is 46.8 Å². The van der Waals surface area contributed by atoms with Crippen molar-refractivity contribution < 1.29 is 13.9 Å². The molecule has 0 bridgehead atoms. The molecule has 7 nitrogen and oxygen atoms in total. The number of hydrogen-bond acceptors (Lipinski definition) is 5. The Balaban J connectivity index is 1.66. The maximum Gasteiger partial charge on any atom is 0.314 e. The fraction of sp³-hybridized carbons (Fsp3) is 0.385. The molecule has 2 N–H and O–H groups in total. The lowest BCUT2D eigenvalue weighted by atomic mass is 10.0. The summed E-state index contributed by atoms with van der Waals surface area (Å²) in [5.41, 5.74) is 5.89. The monoisotopic (exact) mass is 497 g/mol. The van der Waals surface area contributed by atoms with Crippen molar-refractivity contribution >= 4 is 23.1 Å². The third-order valence-electron chi connectivity index (χ3n) is 6.09. The molecule has 1 aromatic heterocycles. The minimum absolute atomic E-state index is 0.223. The Morgan fingerprint density at radius 3 is 2.66 bits per heavy atom. The van der Waals surface area contributed by atoms with Crippen molar-refractivity contribution in [3.63, 3.8) is 0 Å².